The first-order valence-electron chi connectivity index (χ1n) is 7.86. The second kappa shape index (κ2) is 8.31. The minimum Gasteiger partial charge on any atom is -0.406 e. The van der Waals surface area contributed by atoms with Crippen LogP contribution >= 0.6 is 15.9 Å². The Morgan fingerprint density at radius 3 is 1.86 bits per heavy atom. The molecule has 0 spiro atoms. The highest BCUT2D eigenvalue weighted by molar-refractivity contribution is 9.10. The van der Waals surface area contributed by atoms with E-state index in [1.54, 1.807) is 24.3 Å². The molecule has 29 heavy (non-hydrogen) atoms. The van der Waals surface area contributed by atoms with E-state index in [0.29, 0.717) is 5.69 Å². The molecule has 1 aromatic heterocycles. The van der Waals surface area contributed by atoms with Gasteiger partial charge in [-0.2, -0.15) is 0 Å². The van der Waals surface area contributed by atoms with E-state index in [9.17, 15) is 23.3 Å². The maximum Gasteiger partial charge on any atom is 0.573 e. The predicted octanol–water partition coefficient (Wildman–Crippen LogP) is 5.53. The molecule has 3 rings (SSSR count). The van der Waals surface area contributed by atoms with Crippen LogP contribution < -0.4 is 15.4 Å². The van der Waals surface area contributed by atoms with Gasteiger partial charge in [-0.3, -0.25) is 10.1 Å². The van der Waals surface area contributed by atoms with E-state index in [-0.39, 0.29) is 17.3 Å². The van der Waals surface area contributed by atoms with Crippen LogP contribution in [0.15, 0.2) is 59.3 Å². The van der Waals surface area contributed by atoms with E-state index in [4.69, 9.17) is 0 Å². The maximum atomic E-state index is 12.2. The lowest BCUT2D eigenvalue weighted by Gasteiger charge is -2.11. The molecule has 12 heteroatoms. The molecule has 0 aliphatic rings. The van der Waals surface area contributed by atoms with Crippen molar-refractivity contribution in [2.24, 2.45) is 0 Å². The zero-order valence-corrected chi connectivity index (χ0v) is 15.9. The first kappa shape index (κ1) is 20.3. The zero-order chi connectivity index (χ0) is 21.0. The highest BCUT2D eigenvalue weighted by Crippen LogP contribution is 2.33. The SMILES string of the molecule is O=[N+]([O-])c1c(Nc2ccc(Br)cc2)ncnc1Nc1ccc(OC(F)(F)F)cc1. The average Bonchev–Trinajstić information content (AvgIpc) is 2.64. The topological polar surface area (TPSA) is 102 Å². The standard InChI is InChI=1S/C17H11BrF3N5O3/c18-10-1-3-11(4-2-10)24-15-14(26(27)28)16(23-9-22-15)25-12-5-7-13(8-6-12)29-17(19,20)21/h1-9H,(H2,22,23,24,25). The number of halogens is 4. The molecule has 0 amide bonds. The summed E-state index contributed by atoms with van der Waals surface area (Å²) < 4.78 is 41.3. The number of hydrogen-bond donors (Lipinski definition) is 2. The van der Waals surface area contributed by atoms with Gasteiger partial charge in [0.05, 0.1) is 4.92 Å². The molecule has 150 valence electrons. The quantitative estimate of drug-likeness (QED) is 0.361. The predicted molar refractivity (Wildman–Crippen MR) is 103 cm³/mol. The van der Waals surface area contributed by atoms with Crippen molar-refractivity contribution in [1.82, 2.24) is 9.97 Å². The molecule has 1 heterocycles. The van der Waals surface area contributed by atoms with Gasteiger partial charge >= 0.3 is 12.0 Å². The van der Waals surface area contributed by atoms with Crippen LogP contribution in [0.5, 0.6) is 5.75 Å². The number of nitro groups is 1. The number of alkyl halides is 3. The number of hydrogen-bond acceptors (Lipinski definition) is 7. The monoisotopic (exact) mass is 469 g/mol. The molecule has 0 unspecified atom stereocenters. The Balaban J connectivity index is 1.85. The molecule has 0 atom stereocenters. The van der Waals surface area contributed by atoms with E-state index in [0.717, 1.165) is 22.9 Å². The molecular weight excluding hydrogens is 459 g/mol. The van der Waals surface area contributed by atoms with Crippen LogP contribution in [-0.4, -0.2) is 21.3 Å². The number of nitrogens with zero attached hydrogens (tertiary/aromatic N) is 3. The van der Waals surface area contributed by atoms with Gasteiger partial charge in [0.15, 0.2) is 0 Å². The van der Waals surface area contributed by atoms with Gasteiger partial charge in [-0.25, -0.2) is 9.97 Å². The lowest BCUT2D eigenvalue weighted by molar-refractivity contribution is -0.383. The summed E-state index contributed by atoms with van der Waals surface area (Å²) in [7, 11) is 0. The van der Waals surface area contributed by atoms with Crippen molar-refractivity contribution in [2.45, 2.75) is 6.36 Å². The Morgan fingerprint density at radius 2 is 1.41 bits per heavy atom. The summed E-state index contributed by atoms with van der Waals surface area (Å²) >= 11 is 3.30. The van der Waals surface area contributed by atoms with Crippen molar-refractivity contribution < 1.29 is 22.8 Å². The minimum absolute atomic E-state index is 0.0492. The summed E-state index contributed by atoms with van der Waals surface area (Å²) in [5.41, 5.74) is 0.413. The summed E-state index contributed by atoms with van der Waals surface area (Å²) in [6.45, 7) is 0. The summed E-state index contributed by atoms with van der Waals surface area (Å²) in [6, 6.07) is 11.6. The number of benzene rings is 2. The lowest BCUT2D eigenvalue weighted by atomic mass is 10.3. The second-order valence-electron chi connectivity index (χ2n) is 5.51. The van der Waals surface area contributed by atoms with Crippen molar-refractivity contribution in [3.63, 3.8) is 0 Å². The minimum atomic E-state index is -4.81. The first-order valence-corrected chi connectivity index (χ1v) is 8.65. The molecular formula is C17H11BrF3N5O3. The Bertz CT molecular complexity index is 1010. The van der Waals surface area contributed by atoms with Crippen LogP contribution in [0.3, 0.4) is 0 Å². The van der Waals surface area contributed by atoms with Crippen molar-refractivity contribution in [3.8, 4) is 5.75 Å². The average molecular weight is 470 g/mol. The second-order valence-corrected chi connectivity index (χ2v) is 6.42. The number of rotatable bonds is 6. The highest BCUT2D eigenvalue weighted by atomic mass is 79.9. The van der Waals surface area contributed by atoms with Crippen LogP contribution in [0.1, 0.15) is 0 Å². The molecule has 0 saturated heterocycles. The molecule has 8 nitrogen and oxygen atoms in total. The fraction of sp³-hybridized carbons (Fsp3) is 0.0588. The number of anilines is 4. The van der Waals surface area contributed by atoms with Gasteiger partial charge < -0.3 is 15.4 Å². The fourth-order valence-corrected chi connectivity index (χ4v) is 2.55. The summed E-state index contributed by atoms with van der Waals surface area (Å²) in [4.78, 5) is 18.7. The van der Waals surface area contributed by atoms with Crippen LogP contribution in [-0.2, 0) is 0 Å². The third-order valence-electron chi connectivity index (χ3n) is 3.46. The van der Waals surface area contributed by atoms with Gasteiger partial charge in [-0.05, 0) is 48.5 Å². The molecule has 0 saturated carbocycles. The molecule has 0 aliphatic carbocycles. The summed E-state index contributed by atoms with van der Waals surface area (Å²) in [5.74, 6) is -0.598. The normalized spacial score (nSPS) is 11.0. The molecule has 0 radical (unpaired) electrons. The van der Waals surface area contributed by atoms with E-state index in [1.165, 1.54) is 12.1 Å². The van der Waals surface area contributed by atoms with Gasteiger partial charge in [-0.1, -0.05) is 15.9 Å². The number of nitrogens with one attached hydrogen (secondary N) is 2. The maximum absolute atomic E-state index is 12.2. The van der Waals surface area contributed by atoms with Crippen LogP contribution in [0.25, 0.3) is 0 Å². The molecule has 0 fully saturated rings. The smallest absolute Gasteiger partial charge is 0.406 e. The van der Waals surface area contributed by atoms with Gasteiger partial charge in [-0.15, -0.1) is 13.2 Å². The molecule has 2 aromatic carbocycles. The molecule has 0 aliphatic heterocycles. The molecule has 2 N–H and O–H groups in total. The molecule has 3 aromatic rings. The van der Waals surface area contributed by atoms with Gasteiger partial charge in [0.25, 0.3) is 0 Å². The third kappa shape index (κ3) is 5.54. The highest BCUT2D eigenvalue weighted by Gasteiger charge is 2.31. The van der Waals surface area contributed by atoms with E-state index in [2.05, 4.69) is 41.3 Å². The lowest BCUT2D eigenvalue weighted by Crippen LogP contribution is -2.17. The Kier molecular flexibility index (Phi) is 5.82. The third-order valence-corrected chi connectivity index (χ3v) is 3.99. The fourth-order valence-electron chi connectivity index (χ4n) is 2.28. The zero-order valence-electron chi connectivity index (χ0n) is 14.3. The van der Waals surface area contributed by atoms with Crippen LogP contribution in [0.2, 0.25) is 0 Å². The van der Waals surface area contributed by atoms with Crippen molar-refractivity contribution in [3.05, 3.63) is 69.4 Å². The van der Waals surface area contributed by atoms with Crippen LogP contribution in [0, 0.1) is 10.1 Å². The van der Waals surface area contributed by atoms with Crippen LogP contribution in [0.4, 0.5) is 41.9 Å². The van der Waals surface area contributed by atoms with E-state index in [1.807, 2.05) is 0 Å². The summed E-state index contributed by atoms with van der Waals surface area (Å²) in [6.07, 6.45) is -3.69. The largest absolute Gasteiger partial charge is 0.573 e. The van der Waals surface area contributed by atoms with Crippen molar-refractivity contribution in [2.75, 3.05) is 10.6 Å². The Hall–Kier alpha value is -3.41. The van der Waals surface area contributed by atoms with E-state index >= 15 is 0 Å². The first-order chi connectivity index (χ1) is 13.7. The number of ether oxygens (including phenoxy) is 1. The van der Waals surface area contributed by atoms with Gasteiger partial charge in [0.2, 0.25) is 11.6 Å². The Morgan fingerprint density at radius 1 is 0.931 bits per heavy atom. The number of aromatic nitrogens is 2. The van der Waals surface area contributed by atoms with Gasteiger partial charge in [0.1, 0.15) is 12.1 Å². The Labute approximate surface area is 170 Å². The van der Waals surface area contributed by atoms with Crippen molar-refractivity contribution >= 4 is 44.6 Å². The van der Waals surface area contributed by atoms with Crippen molar-refractivity contribution in [1.29, 1.82) is 0 Å². The van der Waals surface area contributed by atoms with E-state index < -0.39 is 22.7 Å². The van der Waals surface area contributed by atoms with Gasteiger partial charge in [0, 0.05) is 15.8 Å². The summed E-state index contributed by atoms with van der Waals surface area (Å²) in [5, 5.41) is 17.1. The molecule has 0 bridgehead atoms.